The van der Waals surface area contributed by atoms with E-state index in [9.17, 15) is 14.7 Å². The van der Waals surface area contributed by atoms with Gasteiger partial charge in [-0.15, -0.1) is 0 Å². The van der Waals surface area contributed by atoms with Crippen LogP contribution in [0.2, 0.25) is 0 Å². The SMILES string of the molecule is Cc1nn(C)c(C)c1C(C)C(=O)N[C@H]1CCCCC[C@H]1C(=O)O. The maximum absolute atomic E-state index is 12.7. The Balaban J connectivity index is 2.14. The summed E-state index contributed by atoms with van der Waals surface area (Å²) in [6, 6.07) is -0.276. The first-order valence-corrected chi connectivity index (χ1v) is 8.36. The summed E-state index contributed by atoms with van der Waals surface area (Å²) < 4.78 is 1.78. The molecule has 0 radical (unpaired) electrons. The fourth-order valence-electron chi connectivity index (χ4n) is 3.63. The molecule has 23 heavy (non-hydrogen) atoms. The van der Waals surface area contributed by atoms with Crippen molar-refractivity contribution in [3.63, 3.8) is 0 Å². The highest BCUT2D eigenvalue weighted by molar-refractivity contribution is 5.84. The maximum Gasteiger partial charge on any atom is 0.308 e. The van der Waals surface area contributed by atoms with E-state index in [4.69, 9.17) is 0 Å². The van der Waals surface area contributed by atoms with E-state index in [1.807, 2.05) is 27.8 Å². The van der Waals surface area contributed by atoms with Crippen molar-refractivity contribution in [2.24, 2.45) is 13.0 Å². The maximum atomic E-state index is 12.7. The minimum Gasteiger partial charge on any atom is -0.481 e. The van der Waals surface area contributed by atoms with E-state index in [1.54, 1.807) is 4.68 Å². The lowest BCUT2D eigenvalue weighted by molar-refractivity contribution is -0.143. The molecule has 1 fully saturated rings. The van der Waals surface area contributed by atoms with Crippen LogP contribution in [0.1, 0.15) is 61.9 Å². The first-order chi connectivity index (χ1) is 10.8. The molecular weight excluding hydrogens is 294 g/mol. The molecule has 128 valence electrons. The lowest BCUT2D eigenvalue weighted by Crippen LogP contribution is -2.44. The molecule has 0 aromatic carbocycles. The lowest BCUT2D eigenvalue weighted by atomic mass is 9.92. The summed E-state index contributed by atoms with van der Waals surface area (Å²) in [6.45, 7) is 5.71. The third-order valence-corrected chi connectivity index (χ3v) is 5.05. The Morgan fingerprint density at radius 3 is 2.48 bits per heavy atom. The first kappa shape index (κ1) is 17.5. The molecule has 1 amide bonds. The van der Waals surface area contributed by atoms with Gasteiger partial charge in [-0.2, -0.15) is 5.10 Å². The Bertz CT molecular complexity index is 594. The lowest BCUT2D eigenvalue weighted by Gasteiger charge is -2.24. The third-order valence-electron chi connectivity index (χ3n) is 5.05. The predicted molar refractivity (Wildman–Crippen MR) is 87.2 cm³/mol. The standard InChI is InChI=1S/C17H27N3O3/c1-10(15-11(2)19-20(4)12(15)3)16(21)18-14-9-7-5-6-8-13(14)17(22)23/h10,13-14H,5-9H2,1-4H3,(H,18,21)(H,22,23)/t10?,13-,14+/m1/s1. The third kappa shape index (κ3) is 3.74. The second-order valence-electron chi connectivity index (χ2n) is 6.63. The van der Waals surface area contributed by atoms with Crippen LogP contribution in [-0.4, -0.2) is 32.8 Å². The average molecular weight is 321 g/mol. The Kier molecular flexibility index (Phi) is 5.44. The number of rotatable bonds is 4. The van der Waals surface area contributed by atoms with Gasteiger partial charge in [0.15, 0.2) is 0 Å². The van der Waals surface area contributed by atoms with Crippen LogP contribution in [0.25, 0.3) is 0 Å². The largest absolute Gasteiger partial charge is 0.481 e. The smallest absolute Gasteiger partial charge is 0.308 e. The summed E-state index contributed by atoms with van der Waals surface area (Å²) in [5, 5.41) is 16.8. The Hall–Kier alpha value is -1.85. The van der Waals surface area contributed by atoms with Crippen LogP contribution in [-0.2, 0) is 16.6 Å². The van der Waals surface area contributed by atoms with Gasteiger partial charge in [-0.1, -0.05) is 19.3 Å². The number of amides is 1. The van der Waals surface area contributed by atoms with Crippen molar-refractivity contribution in [2.45, 2.75) is 64.8 Å². The molecule has 1 aliphatic rings. The summed E-state index contributed by atoms with van der Waals surface area (Å²) in [5.41, 5.74) is 2.76. The van der Waals surface area contributed by atoms with E-state index in [-0.39, 0.29) is 17.9 Å². The summed E-state index contributed by atoms with van der Waals surface area (Å²) in [4.78, 5) is 24.2. The number of hydrogen-bond donors (Lipinski definition) is 2. The summed E-state index contributed by atoms with van der Waals surface area (Å²) in [7, 11) is 1.86. The number of carbonyl (C=O) groups excluding carboxylic acids is 1. The highest BCUT2D eigenvalue weighted by atomic mass is 16.4. The molecule has 1 unspecified atom stereocenters. The van der Waals surface area contributed by atoms with Crippen LogP contribution in [0.15, 0.2) is 0 Å². The topological polar surface area (TPSA) is 84.2 Å². The van der Waals surface area contributed by atoms with Crippen molar-refractivity contribution in [2.75, 3.05) is 0 Å². The minimum absolute atomic E-state index is 0.109. The van der Waals surface area contributed by atoms with Gasteiger partial charge < -0.3 is 10.4 Å². The Labute approximate surface area is 137 Å². The van der Waals surface area contributed by atoms with Crippen LogP contribution in [0.5, 0.6) is 0 Å². The van der Waals surface area contributed by atoms with Gasteiger partial charge in [0.25, 0.3) is 0 Å². The molecule has 0 saturated heterocycles. The fraction of sp³-hybridized carbons (Fsp3) is 0.706. The van der Waals surface area contributed by atoms with E-state index in [2.05, 4.69) is 10.4 Å². The number of carboxylic acids is 1. The van der Waals surface area contributed by atoms with Crippen molar-refractivity contribution < 1.29 is 14.7 Å². The molecule has 0 aliphatic heterocycles. The second kappa shape index (κ2) is 7.15. The predicted octanol–water partition coefficient (Wildman–Crippen LogP) is 2.29. The van der Waals surface area contributed by atoms with Crippen molar-refractivity contribution >= 4 is 11.9 Å². The number of carboxylic acid groups (broad SMARTS) is 1. The molecule has 3 atom stereocenters. The summed E-state index contributed by atoms with van der Waals surface area (Å²) >= 11 is 0. The van der Waals surface area contributed by atoms with Crippen molar-refractivity contribution in [3.05, 3.63) is 17.0 Å². The molecule has 1 aromatic rings. The van der Waals surface area contributed by atoms with Crippen molar-refractivity contribution in [1.29, 1.82) is 0 Å². The summed E-state index contributed by atoms with van der Waals surface area (Å²) in [6.07, 6.45) is 4.29. The van der Waals surface area contributed by atoms with E-state index >= 15 is 0 Å². The molecule has 2 N–H and O–H groups in total. The van der Waals surface area contributed by atoms with Gasteiger partial charge in [0, 0.05) is 24.3 Å². The fourth-order valence-corrected chi connectivity index (χ4v) is 3.63. The van der Waals surface area contributed by atoms with Gasteiger partial charge in [0.1, 0.15) is 0 Å². The zero-order valence-corrected chi connectivity index (χ0v) is 14.4. The zero-order valence-electron chi connectivity index (χ0n) is 14.4. The molecule has 1 aromatic heterocycles. The summed E-state index contributed by atoms with van der Waals surface area (Å²) in [5.74, 6) is -1.73. The normalized spacial score (nSPS) is 23.1. The highest BCUT2D eigenvalue weighted by Gasteiger charge is 2.32. The number of aliphatic carboxylic acids is 1. The molecule has 6 nitrogen and oxygen atoms in total. The molecule has 1 heterocycles. The van der Waals surface area contributed by atoms with Crippen LogP contribution >= 0.6 is 0 Å². The molecule has 1 aliphatic carbocycles. The van der Waals surface area contributed by atoms with Crippen LogP contribution in [0.4, 0.5) is 0 Å². The van der Waals surface area contributed by atoms with Gasteiger partial charge in [-0.25, -0.2) is 0 Å². The van der Waals surface area contributed by atoms with Gasteiger partial charge in [0.2, 0.25) is 5.91 Å². The number of carbonyl (C=O) groups is 2. The van der Waals surface area contributed by atoms with Gasteiger partial charge in [-0.05, 0) is 33.6 Å². The van der Waals surface area contributed by atoms with Crippen molar-refractivity contribution in [3.8, 4) is 0 Å². The number of nitrogens with one attached hydrogen (secondary N) is 1. The molecule has 1 saturated carbocycles. The minimum atomic E-state index is -0.807. The van der Waals surface area contributed by atoms with E-state index in [0.29, 0.717) is 6.42 Å². The molecular formula is C17H27N3O3. The van der Waals surface area contributed by atoms with Gasteiger partial charge in [0.05, 0.1) is 17.5 Å². The van der Waals surface area contributed by atoms with E-state index in [1.165, 1.54) is 0 Å². The highest BCUT2D eigenvalue weighted by Crippen LogP contribution is 2.27. The molecule has 0 spiro atoms. The number of hydrogen-bond acceptors (Lipinski definition) is 3. The number of aromatic nitrogens is 2. The Morgan fingerprint density at radius 2 is 1.91 bits per heavy atom. The first-order valence-electron chi connectivity index (χ1n) is 8.36. The average Bonchev–Trinajstić information content (AvgIpc) is 2.67. The number of aryl methyl sites for hydroxylation is 2. The Morgan fingerprint density at radius 1 is 1.26 bits per heavy atom. The molecule has 6 heteroatoms. The van der Waals surface area contributed by atoms with E-state index in [0.717, 1.165) is 42.6 Å². The molecule has 0 bridgehead atoms. The quantitative estimate of drug-likeness (QED) is 0.833. The van der Waals surface area contributed by atoms with Gasteiger partial charge in [-0.3, -0.25) is 14.3 Å². The van der Waals surface area contributed by atoms with Crippen LogP contribution in [0.3, 0.4) is 0 Å². The van der Waals surface area contributed by atoms with Crippen molar-refractivity contribution in [1.82, 2.24) is 15.1 Å². The second-order valence-corrected chi connectivity index (χ2v) is 6.63. The van der Waals surface area contributed by atoms with E-state index < -0.39 is 11.9 Å². The monoisotopic (exact) mass is 321 g/mol. The van der Waals surface area contributed by atoms with Crippen LogP contribution < -0.4 is 5.32 Å². The number of nitrogens with zero attached hydrogens (tertiary/aromatic N) is 2. The molecule has 2 rings (SSSR count). The van der Waals surface area contributed by atoms with Gasteiger partial charge >= 0.3 is 5.97 Å². The zero-order chi connectivity index (χ0) is 17.1. The van der Waals surface area contributed by atoms with Crippen LogP contribution in [0, 0.1) is 19.8 Å².